The van der Waals surface area contributed by atoms with Gasteiger partial charge in [-0.15, -0.1) is 0 Å². The summed E-state index contributed by atoms with van der Waals surface area (Å²) in [7, 11) is 0. The molecule has 0 amide bonds. The number of hydrogen-bond acceptors (Lipinski definition) is 4. The van der Waals surface area contributed by atoms with E-state index in [0.717, 1.165) is 24.6 Å². The largest absolute Gasteiger partial charge is 0.357 e. The molecule has 1 saturated heterocycles. The summed E-state index contributed by atoms with van der Waals surface area (Å²) in [5, 5.41) is 17.9. The van der Waals surface area contributed by atoms with Crippen molar-refractivity contribution in [3.05, 3.63) is 52.1 Å². The number of aromatic amines is 1. The van der Waals surface area contributed by atoms with E-state index in [1.54, 1.807) is 6.20 Å². The van der Waals surface area contributed by atoms with Gasteiger partial charge < -0.3 is 4.90 Å². The molecule has 7 heteroatoms. The average molecular weight is 276 g/mol. The van der Waals surface area contributed by atoms with E-state index < -0.39 is 10.7 Å². The molecule has 0 aliphatic carbocycles. The molecule has 0 unspecified atom stereocenters. The summed E-state index contributed by atoms with van der Waals surface area (Å²) in [5.74, 6) is -0.599. The maximum Gasteiger partial charge on any atom is 0.295 e. The van der Waals surface area contributed by atoms with Crippen molar-refractivity contribution in [3.8, 4) is 0 Å². The number of rotatable bonds is 3. The van der Waals surface area contributed by atoms with Gasteiger partial charge in [-0.3, -0.25) is 15.2 Å². The van der Waals surface area contributed by atoms with Crippen LogP contribution >= 0.6 is 0 Å². The summed E-state index contributed by atoms with van der Waals surface area (Å²) in [6, 6.07) is 5.57. The van der Waals surface area contributed by atoms with E-state index in [-0.39, 0.29) is 11.7 Å². The molecule has 2 heterocycles. The van der Waals surface area contributed by atoms with Crippen LogP contribution in [0.15, 0.2) is 30.5 Å². The van der Waals surface area contributed by atoms with Crippen LogP contribution in [0.5, 0.6) is 0 Å². The van der Waals surface area contributed by atoms with E-state index in [9.17, 15) is 14.5 Å². The smallest absolute Gasteiger partial charge is 0.295 e. The Morgan fingerprint density at radius 3 is 3.00 bits per heavy atom. The lowest BCUT2D eigenvalue weighted by molar-refractivity contribution is -0.384. The van der Waals surface area contributed by atoms with Crippen LogP contribution in [0.3, 0.4) is 0 Å². The Hall–Kier alpha value is -2.44. The lowest BCUT2D eigenvalue weighted by atomic mass is 10.1. The van der Waals surface area contributed by atoms with E-state index in [4.69, 9.17) is 0 Å². The lowest BCUT2D eigenvalue weighted by Gasteiger charge is -2.25. The Kier molecular flexibility index (Phi) is 3.09. The van der Waals surface area contributed by atoms with Crippen LogP contribution in [0, 0.1) is 15.9 Å². The normalized spacial score (nSPS) is 18.4. The predicted octanol–water partition coefficient (Wildman–Crippen LogP) is 2.80. The number of nitro benzene ring substituents is 1. The van der Waals surface area contributed by atoms with Crippen LogP contribution in [-0.4, -0.2) is 21.7 Å². The number of halogens is 1. The zero-order chi connectivity index (χ0) is 14.1. The van der Waals surface area contributed by atoms with E-state index in [1.165, 1.54) is 12.1 Å². The highest BCUT2D eigenvalue weighted by Crippen LogP contribution is 2.39. The fourth-order valence-corrected chi connectivity index (χ4v) is 2.72. The van der Waals surface area contributed by atoms with Gasteiger partial charge in [-0.1, -0.05) is 0 Å². The van der Waals surface area contributed by atoms with E-state index in [0.29, 0.717) is 12.2 Å². The first-order chi connectivity index (χ1) is 9.66. The number of nitro groups is 1. The molecule has 1 N–H and O–H groups in total. The Bertz CT molecular complexity index is 629. The van der Waals surface area contributed by atoms with Crippen LogP contribution in [0.4, 0.5) is 15.8 Å². The van der Waals surface area contributed by atoms with Gasteiger partial charge >= 0.3 is 0 Å². The second-order valence-electron chi connectivity index (χ2n) is 4.75. The van der Waals surface area contributed by atoms with Crippen LogP contribution in [0.25, 0.3) is 0 Å². The number of hydrogen-bond donors (Lipinski definition) is 1. The molecule has 0 bridgehead atoms. The molecule has 1 aromatic heterocycles. The Morgan fingerprint density at radius 1 is 1.45 bits per heavy atom. The zero-order valence-corrected chi connectivity index (χ0v) is 10.6. The van der Waals surface area contributed by atoms with Crippen molar-refractivity contribution in [2.75, 3.05) is 11.4 Å². The van der Waals surface area contributed by atoms with Crippen LogP contribution in [0.1, 0.15) is 24.6 Å². The molecule has 1 aromatic carbocycles. The van der Waals surface area contributed by atoms with Crippen molar-refractivity contribution in [2.45, 2.75) is 18.9 Å². The molecule has 1 atom stereocenters. The third-order valence-corrected chi connectivity index (χ3v) is 3.58. The molecule has 0 saturated carbocycles. The highest BCUT2D eigenvalue weighted by Gasteiger charge is 2.31. The van der Waals surface area contributed by atoms with Crippen LogP contribution in [-0.2, 0) is 0 Å². The number of benzene rings is 1. The molecule has 0 radical (unpaired) electrons. The maximum atomic E-state index is 13.2. The Morgan fingerprint density at radius 2 is 2.30 bits per heavy atom. The number of anilines is 1. The van der Waals surface area contributed by atoms with Crippen LogP contribution < -0.4 is 4.90 Å². The first-order valence-corrected chi connectivity index (χ1v) is 6.36. The van der Waals surface area contributed by atoms with Crippen molar-refractivity contribution in [1.82, 2.24) is 10.2 Å². The minimum atomic E-state index is -0.599. The molecule has 6 nitrogen and oxygen atoms in total. The number of H-pyrrole nitrogens is 1. The number of aromatic nitrogens is 2. The van der Waals surface area contributed by atoms with E-state index in [2.05, 4.69) is 10.2 Å². The van der Waals surface area contributed by atoms with Gasteiger partial charge in [0.2, 0.25) is 0 Å². The average Bonchev–Trinajstić information content (AvgIpc) is 3.09. The Balaban J connectivity index is 2.02. The van der Waals surface area contributed by atoms with Gasteiger partial charge in [-0.05, 0) is 31.0 Å². The fraction of sp³-hybridized carbons (Fsp3) is 0.308. The topological polar surface area (TPSA) is 75.1 Å². The van der Waals surface area contributed by atoms with Crippen LogP contribution in [0.2, 0.25) is 0 Å². The molecular weight excluding hydrogens is 263 g/mol. The van der Waals surface area contributed by atoms with Crippen molar-refractivity contribution < 1.29 is 9.31 Å². The van der Waals surface area contributed by atoms with Crippen molar-refractivity contribution in [2.24, 2.45) is 0 Å². The first kappa shape index (κ1) is 12.6. The zero-order valence-electron chi connectivity index (χ0n) is 10.6. The SMILES string of the molecule is O=[N+]([O-])c1cc(F)ccc1N1CCC[C@H]1c1ccn[nH]1. The highest BCUT2D eigenvalue weighted by atomic mass is 19.1. The fourth-order valence-electron chi connectivity index (χ4n) is 2.72. The monoisotopic (exact) mass is 276 g/mol. The first-order valence-electron chi connectivity index (χ1n) is 6.36. The van der Waals surface area contributed by atoms with Gasteiger partial charge in [0.15, 0.2) is 0 Å². The van der Waals surface area contributed by atoms with Gasteiger partial charge in [-0.25, -0.2) is 4.39 Å². The summed E-state index contributed by atoms with van der Waals surface area (Å²) in [5.41, 5.74) is 1.17. The molecule has 20 heavy (non-hydrogen) atoms. The summed E-state index contributed by atoms with van der Waals surface area (Å²) in [4.78, 5) is 12.5. The molecular formula is C13H13FN4O2. The van der Waals surface area contributed by atoms with Gasteiger partial charge in [0, 0.05) is 12.7 Å². The number of nitrogens with zero attached hydrogens (tertiary/aromatic N) is 3. The Labute approximate surface area is 114 Å². The van der Waals surface area contributed by atoms with Gasteiger partial charge in [-0.2, -0.15) is 5.10 Å². The summed E-state index contributed by atoms with van der Waals surface area (Å²) < 4.78 is 13.2. The molecule has 1 fully saturated rings. The predicted molar refractivity (Wildman–Crippen MR) is 71.0 cm³/mol. The molecule has 3 rings (SSSR count). The molecule has 0 spiro atoms. The second-order valence-corrected chi connectivity index (χ2v) is 4.75. The third kappa shape index (κ3) is 2.11. The third-order valence-electron chi connectivity index (χ3n) is 3.58. The summed E-state index contributed by atoms with van der Waals surface area (Å²) in [6.07, 6.45) is 3.47. The van der Waals surface area contributed by atoms with Gasteiger partial charge in [0.1, 0.15) is 11.5 Å². The minimum Gasteiger partial charge on any atom is -0.357 e. The van der Waals surface area contributed by atoms with Crippen molar-refractivity contribution in [1.29, 1.82) is 0 Å². The standard InChI is InChI=1S/C13H13FN4O2/c14-9-3-4-12(13(8-9)18(19)20)17-7-1-2-11(17)10-5-6-15-16-10/h3-6,8,11H,1-2,7H2,(H,15,16)/t11-/m0/s1. The summed E-state index contributed by atoms with van der Waals surface area (Å²) >= 11 is 0. The highest BCUT2D eigenvalue weighted by molar-refractivity contribution is 5.64. The second kappa shape index (κ2) is 4.92. The van der Waals surface area contributed by atoms with Gasteiger partial charge in [0.25, 0.3) is 5.69 Å². The summed E-state index contributed by atoms with van der Waals surface area (Å²) in [6.45, 7) is 0.705. The lowest BCUT2D eigenvalue weighted by Crippen LogP contribution is -2.23. The van der Waals surface area contributed by atoms with Gasteiger partial charge in [0.05, 0.1) is 22.7 Å². The maximum absolute atomic E-state index is 13.2. The van der Waals surface area contributed by atoms with Crippen molar-refractivity contribution in [3.63, 3.8) is 0 Å². The molecule has 2 aromatic rings. The molecule has 1 aliphatic heterocycles. The van der Waals surface area contributed by atoms with E-state index in [1.807, 2.05) is 11.0 Å². The molecule has 1 aliphatic rings. The quantitative estimate of drug-likeness (QED) is 0.691. The minimum absolute atomic E-state index is 0.0154. The molecule has 104 valence electrons. The van der Waals surface area contributed by atoms with Crippen molar-refractivity contribution >= 4 is 11.4 Å². The number of nitrogens with one attached hydrogen (secondary N) is 1. The van der Waals surface area contributed by atoms with E-state index >= 15 is 0 Å².